The fraction of sp³-hybridized carbons (Fsp3) is 0.375. The van der Waals surface area contributed by atoms with Gasteiger partial charge in [0.25, 0.3) is 5.56 Å². The molecule has 0 radical (unpaired) electrons. The van der Waals surface area contributed by atoms with Gasteiger partial charge in [-0.15, -0.1) is 0 Å². The lowest BCUT2D eigenvalue weighted by atomic mass is 9.96. The Morgan fingerprint density at radius 3 is 2.58 bits per heavy atom. The molecule has 1 aromatic heterocycles. The highest BCUT2D eigenvalue weighted by Gasteiger charge is 2.27. The lowest BCUT2D eigenvalue weighted by molar-refractivity contribution is -0.125. The van der Waals surface area contributed by atoms with Crippen LogP contribution in [0.4, 0.5) is 5.82 Å². The van der Waals surface area contributed by atoms with Crippen LogP contribution in [-0.2, 0) is 17.8 Å². The lowest BCUT2D eigenvalue weighted by Crippen LogP contribution is -2.43. The number of hydrogen-bond acceptors (Lipinski definition) is 4. The minimum absolute atomic E-state index is 0.0450. The largest absolute Gasteiger partial charge is 0.356 e. The first-order valence-corrected chi connectivity index (χ1v) is 11.2. The monoisotopic (exact) mass is 438 g/mol. The van der Waals surface area contributed by atoms with E-state index < -0.39 is 0 Å². The van der Waals surface area contributed by atoms with E-state index in [2.05, 4.69) is 10.3 Å². The van der Waals surface area contributed by atoms with Crippen LogP contribution in [0.15, 0.2) is 53.3 Å². The molecule has 1 aliphatic heterocycles. The van der Waals surface area contributed by atoms with Gasteiger partial charge in [0, 0.05) is 37.1 Å². The topological polar surface area (TPSA) is 67.2 Å². The van der Waals surface area contributed by atoms with Crippen molar-refractivity contribution in [1.82, 2.24) is 14.9 Å². The molecule has 2 heterocycles. The maximum Gasteiger partial charge on any atom is 0.293 e. The van der Waals surface area contributed by atoms with Gasteiger partial charge in [-0.1, -0.05) is 41.9 Å². The van der Waals surface area contributed by atoms with Crippen LogP contribution in [0.1, 0.15) is 25.3 Å². The third-order valence-corrected chi connectivity index (χ3v) is 6.34. The fourth-order valence-corrected chi connectivity index (χ4v) is 4.45. The maximum atomic E-state index is 13.0. The molecule has 4 rings (SSSR count). The minimum atomic E-state index is -0.0659. The van der Waals surface area contributed by atoms with E-state index in [1.807, 2.05) is 60.4 Å². The summed E-state index contributed by atoms with van der Waals surface area (Å²) in [5, 5.41) is 3.77. The summed E-state index contributed by atoms with van der Waals surface area (Å²) < 4.78 is 1.77. The Morgan fingerprint density at radius 1 is 1.13 bits per heavy atom. The smallest absolute Gasteiger partial charge is 0.293 e. The summed E-state index contributed by atoms with van der Waals surface area (Å²) in [7, 11) is 0. The van der Waals surface area contributed by atoms with Crippen LogP contribution in [0.3, 0.4) is 0 Å². The SMILES string of the molecule is CCn1c(=O)c(N2CCC(C(=O)NCCc3ccccc3Cl)CC2)nc2ccccc21. The number of aryl methyl sites for hydroxylation is 1. The van der Waals surface area contributed by atoms with Crippen molar-refractivity contribution in [3.63, 3.8) is 0 Å². The van der Waals surface area contributed by atoms with Gasteiger partial charge in [-0.05, 0) is 49.9 Å². The van der Waals surface area contributed by atoms with Gasteiger partial charge in [0.05, 0.1) is 11.0 Å². The molecule has 1 aliphatic rings. The number of anilines is 1. The Balaban J connectivity index is 1.37. The molecule has 0 bridgehead atoms. The van der Waals surface area contributed by atoms with E-state index in [4.69, 9.17) is 11.6 Å². The van der Waals surface area contributed by atoms with Crippen LogP contribution in [0, 0.1) is 5.92 Å². The van der Waals surface area contributed by atoms with Crippen molar-refractivity contribution < 1.29 is 4.79 Å². The molecule has 2 aromatic carbocycles. The first-order valence-electron chi connectivity index (χ1n) is 10.8. The van der Waals surface area contributed by atoms with Gasteiger partial charge in [-0.25, -0.2) is 4.98 Å². The van der Waals surface area contributed by atoms with Gasteiger partial charge >= 0.3 is 0 Å². The molecule has 0 spiro atoms. The van der Waals surface area contributed by atoms with Gasteiger partial charge in [0.15, 0.2) is 5.82 Å². The Kier molecular flexibility index (Phi) is 6.56. The van der Waals surface area contributed by atoms with Gasteiger partial charge in [0.1, 0.15) is 0 Å². The molecule has 162 valence electrons. The highest BCUT2D eigenvalue weighted by Crippen LogP contribution is 2.22. The normalized spacial score (nSPS) is 14.7. The molecular formula is C24H27ClN4O2. The first kappa shape index (κ1) is 21.4. The van der Waals surface area contributed by atoms with E-state index in [9.17, 15) is 9.59 Å². The molecule has 1 fully saturated rings. The molecule has 1 N–H and O–H groups in total. The molecule has 1 saturated heterocycles. The van der Waals surface area contributed by atoms with Gasteiger partial charge in [0.2, 0.25) is 5.91 Å². The molecule has 1 amide bonds. The number of amides is 1. The van der Waals surface area contributed by atoms with Crippen molar-refractivity contribution in [2.24, 2.45) is 5.92 Å². The van der Waals surface area contributed by atoms with E-state index in [1.165, 1.54) is 0 Å². The number of nitrogens with one attached hydrogen (secondary N) is 1. The number of hydrogen-bond donors (Lipinski definition) is 1. The summed E-state index contributed by atoms with van der Waals surface area (Å²) in [6.45, 7) is 4.42. The third-order valence-electron chi connectivity index (χ3n) is 5.97. The number of piperidine rings is 1. The number of carbonyl (C=O) groups excluding carboxylic acids is 1. The maximum absolute atomic E-state index is 13.0. The van der Waals surface area contributed by atoms with E-state index in [-0.39, 0.29) is 17.4 Å². The molecule has 0 unspecified atom stereocenters. The summed E-state index contributed by atoms with van der Waals surface area (Å²) in [5.41, 5.74) is 2.64. The molecule has 0 atom stereocenters. The molecule has 0 saturated carbocycles. The number of rotatable bonds is 6. The Labute approximate surface area is 186 Å². The summed E-state index contributed by atoms with van der Waals surface area (Å²) >= 11 is 6.18. The number of para-hydroxylation sites is 2. The highest BCUT2D eigenvalue weighted by atomic mass is 35.5. The van der Waals surface area contributed by atoms with E-state index in [1.54, 1.807) is 4.57 Å². The Morgan fingerprint density at radius 2 is 1.84 bits per heavy atom. The Hall–Kier alpha value is -2.86. The van der Waals surface area contributed by atoms with Crippen LogP contribution in [0.2, 0.25) is 5.02 Å². The number of carbonyl (C=O) groups is 1. The predicted octanol–water partition coefficient (Wildman–Crippen LogP) is 3.65. The minimum Gasteiger partial charge on any atom is -0.356 e. The summed E-state index contributed by atoms with van der Waals surface area (Å²) in [4.78, 5) is 32.3. The number of nitrogens with zero attached hydrogens (tertiary/aromatic N) is 3. The second-order valence-corrected chi connectivity index (χ2v) is 8.27. The zero-order chi connectivity index (χ0) is 21.8. The van der Waals surface area contributed by atoms with Crippen molar-refractivity contribution >= 4 is 34.4 Å². The van der Waals surface area contributed by atoms with Crippen molar-refractivity contribution in [2.75, 3.05) is 24.5 Å². The number of aromatic nitrogens is 2. The van der Waals surface area contributed by atoms with Crippen LogP contribution in [0.5, 0.6) is 0 Å². The fourth-order valence-electron chi connectivity index (χ4n) is 4.22. The number of benzene rings is 2. The summed E-state index contributed by atoms with van der Waals surface area (Å²) in [6, 6.07) is 15.4. The van der Waals surface area contributed by atoms with Crippen molar-refractivity contribution in [3.05, 3.63) is 69.5 Å². The van der Waals surface area contributed by atoms with Crippen molar-refractivity contribution in [3.8, 4) is 0 Å². The van der Waals surface area contributed by atoms with Gasteiger partial charge in [-0.2, -0.15) is 0 Å². The second kappa shape index (κ2) is 9.52. The van der Waals surface area contributed by atoms with Crippen LogP contribution in [0.25, 0.3) is 11.0 Å². The van der Waals surface area contributed by atoms with Crippen LogP contribution >= 0.6 is 11.6 Å². The lowest BCUT2D eigenvalue weighted by Gasteiger charge is -2.32. The first-order chi connectivity index (χ1) is 15.1. The van der Waals surface area contributed by atoms with E-state index in [0.29, 0.717) is 51.3 Å². The molecular weight excluding hydrogens is 412 g/mol. The molecule has 0 aliphatic carbocycles. The number of fused-ring (bicyclic) bond motifs is 1. The summed E-state index contributed by atoms with van der Waals surface area (Å²) in [6.07, 6.45) is 2.12. The number of halogens is 1. The highest BCUT2D eigenvalue weighted by molar-refractivity contribution is 6.31. The quantitative estimate of drug-likeness (QED) is 0.638. The zero-order valence-electron chi connectivity index (χ0n) is 17.7. The molecule has 31 heavy (non-hydrogen) atoms. The zero-order valence-corrected chi connectivity index (χ0v) is 18.4. The van der Waals surface area contributed by atoms with Crippen molar-refractivity contribution in [2.45, 2.75) is 32.7 Å². The standard InChI is InChI=1S/C24H27ClN4O2/c1-2-29-21-10-6-5-9-20(21)27-22(24(29)31)28-15-12-18(13-16-28)23(30)26-14-11-17-7-3-4-8-19(17)25/h3-10,18H,2,11-16H2,1H3,(H,26,30). The summed E-state index contributed by atoms with van der Waals surface area (Å²) in [5.74, 6) is 0.513. The average Bonchev–Trinajstić information content (AvgIpc) is 2.80. The average molecular weight is 439 g/mol. The molecule has 7 heteroatoms. The van der Waals surface area contributed by atoms with Crippen LogP contribution in [-0.4, -0.2) is 35.1 Å². The second-order valence-electron chi connectivity index (χ2n) is 7.87. The van der Waals surface area contributed by atoms with E-state index >= 15 is 0 Å². The molecule has 6 nitrogen and oxygen atoms in total. The predicted molar refractivity (Wildman–Crippen MR) is 125 cm³/mol. The van der Waals surface area contributed by atoms with Gasteiger partial charge < -0.3 is 14.8 Å². The Bertz CT molecular complexity index is 1140. The van der Waals surface area contributed by atoms with E-state index in [0.717, 1.165) is 21.6 Å². The van der Waals surface area contributed by atoms with Crippen LogP contribution < -0.4 is 15.8 Å². The van der Waals surface area contributed by atoms with Crippen molar-refractivity contribution in [1.29, 1.82) is 0 Å². The molecule has 3 aromatic rings. The third kappa shape index (κ3) is 4.59. The van der Waals surface area contributed by atoms with Gasteiger partial charge in [-0.3, -0.25) is 9.59 Å².